The van der Waals surface area contributed by atoms with E-state index in [2.05, 4.69) is 4.98 Å². The third kappa shape index (κ3) is 5.27. The summed E-state index contributed by atoms with van der Waals surface area (Å²) in [5.74, 6) is -0.478. The predicted octanol–water partition coefficient (Wildman–Crippen LogP) is 4.20. The lowest BCUT2D eigenvalue weighted by molar-refractivity contribution is -0.161. The summed E-state index contributed by atoms with van der Waals surface area (Å²) in [6.07, 6.45) is 0.935. The molecule has 1 unspecified atom stereocenters. The van der Waals surface area contributed by atoms with Gasteiger partial charge in [0.1, 0.15) is 0 Å². The molecule has 0 aliphatic rings. The molecule has 0 bridgehead atoms. The molecule has 0 saturated carbocycles. The van der Waals surface area contributed by atoms with Crippen LogP contribution in [-0.2, 0) is 20.7 Å². The molecule has 0 spiro atoms. The van der Waals surface area contributed by atoms with Crippen molar-refractivity contribution in [1.29, 1.82) is 0 Å². The number of amides is 1. The van der Waals surface area contributed by atoms with Gasteiger partial charge in [-0.2, -0.15) is 0 Å². The van der Waals surface area contributed by atoms with Crippen molar-refractivity contribution in [2.75, 3.05) is 0 Å². The van der Waals surface area contributed by atoms with E-state index in [-0.39, 0.29) is 30.4 Å². The zero-order valence-corrected chi connectivity index (χ0v) is 17.0. The van der Waals surface area contributed by atoms with E-state index in [0.717, 1.165) is 21.6 Å². The largest absolute Gasteiger partial charge is 0.453 e. The van der Waals surface area contributed by atoms with E-state index in [1.807, 2.05) is 52.0 Å². The second-order valence-electron chi connectivity index (χ2n) is 6.99. The third-order valence-electron chi connectivity index (χ3n) is 4.13. The van der Waals surface area contributed by atoms with Gasteiger partial charge in [-0.05, 0) is 59.6 Å². The molecule has 0 aliphatic carbocycles. The van der Waals surface area contributed by atoms with E-state index in [1.54, 1.807) is 23.2 Å². The summed E-state index contributed by atoms with van der Waals surface area (Å²) in [7, 11) is 0. The van der Waals surface area contributed by atoms with E-state index < -0.39 is 6.10 Å². The van der Waals surface area contributed by atoms with Crippen molar-refractivity contribution in [2.24, 2.45) is 0 Å². The fourth-order valence-corrected chi connectivity index (χ4v) is 4.04. The quantitative estimate of drug-likeness (QED) is 0.648. The third-order valence-corrected chi connectivity index (χ3v) is 5.23. The van der Waals surface area contributed by atoms with Gasteiger partial charge in [0, 0.05) is 18.5 Å². The number of hydrogen-bond acceptors (Lipinski definition) is 5. The minimum Gasteiger partial charge on any atom is -0.453 e. The average Bonchev–Trinajstić information content (AvgIpc) is 2.96. The molecule has 1 aromatic heterocycles. The highest BCUT2D eigenvalue weighted by Gasteiger charge is 2.27. The minimum atomic E-state index is -0.755. The summed E-state index contributed by atoms with van der Waals surface area (Å²) in [6, 6.07) is 8.15. The molecule has 0 radical (unpaired) electrons. The van der Waals surface area contributed by atoms with Gasteiger partial charge in [-0.3, -0.25) is 9.59 Å². The molecule has 5 nitrogen and oxygen atoms in total. The van der Waals surface area contributed by atoms with Gasteiger partial charge in [0.05, 0.1) is 15.2 Å². The molecule has 142 valence electrons. The first kappa shape index (κ1) is 20.4. The molecule has 26 heavy (non-hydrogen) atoms. The highest BCUT2D eigenvalue weighted by Crippen LogP contribution is 2.22. The Bertz CT molecular complexity index is 713. The van der Waals surface area contributed by atoms with Gasteiger partial charge in [0.2, 0.25) is 0 Å². The molecule has 0 N–H and O–H groups in total. The van der Waals surface area contributed by atoms with E-state index >= 15 is 0 Å². The molecule has 0 aliphatic heterocycles. The predicted molar refractivity (Wildman–Crippen MR) is 105 cm³/mol. The first-order valence-electron chi connectivity index (χ1n) is 9.15. The van der Waals surface area contributed by atoms with Gasteiger partial charge < -0.3 is 9.64 Å². The van der Waals surface area contributed by atoms with Crippen LogP contribution >= 0.6 is 11.3 Å². The van der Waals surface area contributed by atoms with Crippen LogP contribution in [0.15, 0.2) is 24.3 Å². The van der Waals surface area contributed by atoms with Crippen molar-refractivity contribution in [1.82, 2.24) is 9.88 Å². The summed E-state index contributed by atoms with van der Waals surface area (Å²) < 4.78 is 6.50. The van der Waals surface area contributed by atoms with Crippen molar-refractivity contribution in [3.05, 3.63) is 29.3 Å². The Morgan fingerprint density at radius 2 is 1.77 bits per heavy atom. The zero-order chi connectivity index (χ0) is 19.3. The number of nitrogens with zero attached hydrogens (tertiary/aromatic N) is 2. The second kappa shape index (κ2) is 9.12. The van der Waals surface area contributed by atoms with Crippen LogP contribution in [0.25, 0.3) is 10.2 Å². The number of carbonyl (C=O) groups is 2. The number of rotatable bonds is 8. The number of esters is 1. The molecule has 1 amide bonds. The lowest BCUT2D eigenvalue weighted by Gasteiger charge is -2.32. The van der Waals surface area contributed by atoms with Gasteiger partial charge in [-0.15, -0.1) is 11.3 Å². The van der Waals surface area contributed by atoms with Crippen molar-refractivity contribution in [2.45, 2.75) is 72.1 Å². The van der Waals surface area contributed by atoms with Crippen LogP contribution in [0.4, 0.5) is 0 Å². The van der Waals surface area contributed by atoms with Gasteiger partial charge in [-0.1, -0.05) is 12.1 Å². The van der Waals surface area contributed by atoms with Crippen LogP contribution in [0.5, 0.6) is 0 Å². The summed E-state index contributed by atoms with van der Waals surface area (Å²) >= 11 is 1.65. The maximum Gasteiger partial charge on any atom is 0.306 e. The monoisotopic (exact) mass is 376 g/mol. The Morgan fingerprint density at radius 3 is 2.38 bits per heavy atom. The van der Waals surface area contributed by atoms with Crippen molar-refractivity contribution < 1.29 is 14.3 Å². The number of hydrogen-bond donors (Lipinski definition) is 0. The summed E-state index contributed by atoms with van der Waals surface area (Å²) in [4.78, 5) is 30.9. The van der Waals surface area contributed by atoms with E-state index in [0.29, 0.717) is 6.42 Å². The summed E-state index contributed by atoms with van der Waals surface area (Å²) in [6.45, 7) is 9.50. The zero-order valence-electron chi connectivity index (χ0n) is 16.2. The molecule has 2 aromatic rings. The number of aromatic nitrogens is 1. The Kier molecular flexibility index (Phi) is 7.14. The number of benzene rings is 1. The number of ether oxygens (including phenoxy) is 1. The standard InChI is InChI=1S/C20H28N2O3S/c1-13(2)22(14(3)4)20(24)15(5)25-19(23)12-8-11-18-21-16-9-6-7-10-17(16)26-18/h6-7,9-10,13-15H,8,11-12H2,1-5H3. The molecular formula is C20H28N2O3S. The fourth-order valence-electron chi connectivity index (χ4n) is 3.03. The van der Waals surface area contributed by atoms with Crippen molar-refractivity contribution in [3.8, 4) is 0 Å². The van der Waals surface area contributed by atoms with Crippen LogP contribution < -0.4 is 0 Å². The molecule has 0 fully saturated rings. The van der Waals surface area contributed by atoms with Crippen LogP contribution in [0.1, 0.15) is 52.5 Å². The van der Waals surface area contributed by atoms with Gasteiger partial charge in [-0.25, -0.2) is 4.98 Å². The number of fused-ring (bicyclic) bond motifs is 1. The van der Waals surface area contributed by atoms with E-state index in [4.69, 9.17) is 4.74 Å². The normalized spacial score (nSPS) is 12.6. The molecule has 1 aromatic carbocycles. The van der Waals surface area contributed by atoms with Crippen LogP contribution in [0, 0.1) is 0 Å². The number of carbonyl (C=O) groups excluding carboxylic acids is 2. The Hall–Kier alpha value is -1.95. The lowest BCUT2D eigenvalue weighted by atomic mass is 10.2. The van der Waals surface area contributed by atoms with Gasteiger partial charge in [0.25, 0.3) is 5.91 Å². The van der Waals surface area contributed by atoms with Crippen molar-refractivity contribution >= 4 is 33.4 Å². The SMILES string of the molecule is CC(OC(=O)CCCc1nc2ccccc2s1)C(=O)N(C(C)C)C(C)C. The Balaban J connectivity index is 1.81. The Labute approximate surface area is 159 Å². The molecule has 1 heterocycles. The van der Waals surface area contributed by atoms with Crippen LogP contribution in [-0.4, -0.2) is 39.9 Å². The highest BCUT2D eigenvalue weighted by atomic mass is 32.1. The molecular weight excluding hydrogens is 348 g/mol. The fraction of sp³-hybridized carbons (Fsp3) is 0.550. The average molecular weight is 377 g/mol. The maximum absolute atomic E-state index is 12.5. The number of para-hydroxylation sites is 1. The van der Waals surface area contributed by atoms with Crippen LogP contribution in [0.2, 0.25) is 0 Å². The topological polar surface area (TPSA) is 59.5 Å². The Morgan fingerprint density at radius 1 is 1.12 bits per heavy atom. The maximum atomic E-state index is 12.5. The molecule has 2 rings (SSSR count). The summed E-state index contributed by atoms with van der Waals surface area (Å²) in [5.41, 5.74) is 0.997. The molecule has 6 heteroatoms. The first-order valence-corrected chi connectivity index (χ1v) is 9.97. The summed E-state index contributed by atoms with van der Waals surface area (Å²) in [5, 5.41) is 1.02. The molecule has 0 saturated heterocycles. The van der Waals surface area contributed by atoms with Gasteiger partial charge in [0.15, 0.2) is 6.10 Å². The van der Waals surface area contributed by atoms with Gasteiger partial charge >= 0.3 is 5.97 Å². The first-order chi connectivity index (χ1) is 12.3. The van der Waals surface area contributed by atoms with E-state index in [1.165, 1.54) is 0 Å². The molecule has 1 atom stereocenters. The highest BCUT2D eigenvalue weighted by molar-refractivity contribution is 7.18. The second-order valence-corrected chi connectivity index (χ2v) is 8.11. The lowest BCUT2D eigenvalue weighted by Crippen LogP contribution is -2.47. The van der Waals surface area contributed by atoms with Crippen LogP contribution in [0.3, 0.4) is 0 Å². The van der Waals surface area contributed by atoms with Crippen molar-refractivity contribution in [3.63, 3.8) is 0 Å². The number of aryl methyl sites for hydroxylation is 1. The minimum absolute atomic E-state index is 0.0719. The van der Waals surface area contributed by atoms with E-state index in [9.17, 15) is 9.59 Å². The number of thiazole rings is 1. The smallest absolute Gasteiger partial charge is 0.306 e.